The third kappa shape index (κ3) is 7.77. The van der Waals surface area contributed by atoms with Gasteiger partial charge in [-0.2, -0.15) is 26.3 Å². The molecule has 0 N–H and O–H groups in total. The summed E-state index contributed by atoms with van der Waals surface area (Å²) in [6, 6.07) is 0. The van der Waals surface area contributed by atoms with Crippen molar-refractivity contribution in [3.8, 4) is 0 Å². The Morgan fingerprint density at radius 1 is 0.765 bits per heavy atom. The molecule has 202 valence electrons. The molecule has 0 aromatic heterocycles. The number of ether oxygens (including phenoxy) is 2. The van der Waals surface area contributed by atoms with E-state index in [4.69, 9.17) is 4.74 Å². The molecule has 0 saturated heterocycles. The highest BCUT2D eigenvalue weighted by Gasteiger charge is 2.61. The lowest BCUT2D eigenvalue weighted by molar-refractivity contribution is -0.315. The zero-order valence-electron chi connectivity index (χ0n) is 21.9. The first-order chi connectivity index (χ1) is 14.9. The van der Waals surface area contributed by atoms with Crippen molar-refractivity contribution in [3.63, 3.8) is 0 Å². The van der Waals surface area contributed by atoms with Crippen LogP contribution in [0.1, 0.15) is 94.9 Å². The largest absolute Gasteiger partial charge is 0.458 e. The van der Waals surface area contributed by atoms with Crippen molar-refractivity contribution in [3.05, 3.63) is 0 Å². The molecule has 34 heavy (non-hydrogen) atoms. The molecule has 0 aliphatic rings. The van der Waals surface area contributed by atoms with E-state index in [9.17, 15) is 35.9 Å². The Kier molecular flexibility index (Phi) is 10.2. The van der Waals surface area contributed by atoms with Crippen LogP contribution in [0.3, 0.4) is 0 Å². The van der Waals surface area contributed by atoms with Gasteiger partial charge in [0.25, 0.3) is 6.10 Å². The van der Waals surface area contributed by atoms with Gasteiger partial charge in [0.05, 0.1) is 11.3 Å². The fourth-order valence-electron chi connectivity index (χ4n) is 3.94. The highest BCUT2D eigenvalue weighted by molar-refractivity contribution is 5.79. The number of carbonyl (C=O) groups is 2. The molecule has 4 nitrogen and oxygen atoms in total. The first-order valence-corrected chi connectivity index (χ1v) is 11.5. The van der Waals surface area contributed by atoms with E-state index >= 15 is 0 Å². The van der Waals surface area contributed by atoms with Gasteiger partial charge in [0.1, 0.15) is 5.60 Å². The predicted octanol–water partition coefficient (Wildman–Crippen LogP) is 7.64. The van der Waals surface area contributed by atoms with Gasteiger partial charge in [-0.3, -0.25) is 9.59 Å². The Morgan fingerprint density at radius 3 is 1.53 bits per heavy atom. The second-order valence-electron chi connectivity index (χ2n) is 11.1. The Hall–Kier alpha value is -1.48. The molecule has 0 aromatic rings. The molecule has 0 aliphatic carbocycles. The first kappa shape index (κ1) is 32.5. The molecule has 0 bridgehead atoms. The van der Waals surface area contributed by atoms with E-state index < -0.39 is 52.7 Å². The van der Waals surface area contributed by atoms with Gasteiger partial charge in [-0.15, -0.1) is 0 Å². The van der Waals surface area contributed by atoms with Crippen LogP contribution in [-0.2, 0) is 19.1 Å². The van der Waals surface area contributed by atoms with E-state index in [0.29, 0.717) is 12.8 Å². The monoisotopic (exact) mass is 506 g/mol. The molecule has 0 spiro atoms. The van der Waals surface area contributed by atoms with Crippen LogP contribution >= 0.6 is 0 Å². The fourth-order valence-corrected chi connectivity index (χ4v) is 3.94. The fraction of sp³-hybridized carbons (Fsp3) is 0.917. The normalized spacial score (nSPS) is 16.7. The molecule has 10 heteroatoms. The second kappa shape index (κ2) is 10.6. The molecule has 0 rings (SSSR count). The third-order valence-electron chi connectivity index (χ3n) is 7.33. The predicted molar refractivity (Wildman–Crippen MR) is 117 cm³/mol. The van der Waals surface area contributed by atoms with Gasteiger partial charge >= 0.3 is 24.3 Å². The smallest absolute Gasteiger partial charge is 0.434 e. The summed E-state index contributed by atoms with van der Waals surface area (Å²) in [4.78, 5) is 26.0. The van der Waals surface area contributed by atoms with Gasteiger partial charge in [0.2, 0.25) is 0 Å². The number of halogens is 6. The van der Waals surface area contributed by atoms with Crippen molar-refractivity contribution in [2.75, 3.05) is 0 Å². The molecule has 0 aliphatic heterocycles. The van der Waals surface area contributed by atoms with Crippen LogP contribution in [0.2, 0.25) is 0 Å². The second-order valence-corrected chi connectivity index (χ2v) is 11.1. The van der Waals surface area contributed by atoms with E-state index in [2.05, 4.69) is 4.74 Å². The summed E-state index contributed by atoms with van der Waals surface area (Å²) in [5, 5.41) is 0. The standard InChI is InChI=1S/C24H40F6O4/c1-11-15(16(31)33-17(23(25,26)27)24(28,29)30)21(8,9)34-18(32)22(10,20(6,7)13-3)14-19(4,5)12-2/h15,17H,11-14H2,1-10H3. The molecule has 0 saturated carbocycles. The summed E-state index contributed by atoms with van der Waals surface area (Å²) < 4.78 is 86.9. The highest BCUT2D eigenvalue weighted by atomic mass is 19.4. The number of rotatable bonds is 11. The molecule has 0 heterocycles. The molecule has 0 aromatic carbocycles. The third-order valence-corrected chi connectivity index (χ3v) is 7.33. The quantitative estimate of drug-likeness (QED) is 0.213. The minimum absolute atomic E-state index is 0.199. The maximum atomic E-state index is 13.5. The molecule has 0 radical (unpaired) electrons. The van der Waals surface area contributed by atoms with Crippen LogP contribution in [0.15, 0.2) is 0 Å². The van der Waals surface area contributed by atoms with Gasteiger partial charge in [-0.05, 0) is 50.9 Å². The van der Waals surface area contributed by atoms with Crippen molar-refractivity contribution >= 4 is 11.9 Å². The van der Waals surface area contributed by atoms with Crippen LogP contribution < -0.4 is 0 Å². The Balaban J connectivity index is 6.10. The van der Waals surface area contributed by atoms with Crippen molar-refractivity contribution in [2.24, 2.45) is 22.2 Å². The lowest BCUT2D eigenvalue weighted by Crippen LogP contribution is -2.52. The number of hydrogen-bond donors (Lipinski definition) is 0. The SMILES string of the molecule is CCC(C(=O)OC(C(F)(F)F)C(F)(F)F)C(C)(C)OC(=O)C(C)(CC(C)(C)CC)C(C)(C)CC. The molecule has 2 unspecified atom stereocenters. The van der Waals surface area contributed by atoms with Gasteiger partial charge < -0.3 is 9.47 Å². The van der Waals surface area contributed by atoms with Gasteiger partial charge in [-0.25, -0.2) is 0 Å². The topological polar surface area (TPSA) is 52.6 Å². The summed E-state index contributed by atoms with van der Waals surface area (Å²) in [6.07, 6.45) is -14.3. The summed E-state index contributed by atoms with van der Waals surface area (Å²) in [6.45, 7) is 17.4. The first-order valence-electron chi connectivity index (χ1n) is 11.5. The van der Waals surface area contributed by atoms with Crippen LogP contribution in [-0.4, -0.2) is 36.0 Å². The average Bonchev–Trinajstić information content (AvgIpc) is 2.63. The van der Waals surface area contributed by atoms with E-state index in [-0.39, 0.29) is 11.8 Å². The van der Waals surface area contributed by atoms with E-state index in [0.717, 1.165) is 6.42 Å². The lowest BCUT2D eigenvalue weighted by atomic mass is 9.58. The molecule has 0 amide bonds. The molecular weight excluding hydrogens is 466 g/mol. The van der Waals surface area contributed by atoms with Crippen molar-refractivity contribution in [2.45, 2.75) is 119 Å². The minimum Gasteiger partial charge on any atom is -0.458 e. The maximum Gasteiger partial charge on any atom is 0.434 e. The van der Waals surface area contributed by atoms with Crippen LogP contribution in [0.4, 0.5) is 26.3 Å². The Bertz CT molecular complexity index is 695. The van der Waals surface area contributed by atoms with E-state index in [1.807, 2.05) is 41.5 Å². The highest BCUT2D eigenvalue weighted by Crippen LogP contribution is 2.51. The van der Waals surface area contributed by atoms with E-state index in [1.165, 1.54) is 20.8 Å². The van der Waals surface area contributed by atoms with Crippen LogP contribution in [0.5, 0.6) is 0 Å². The van der Waals surface area contributed by atoms with Crippen molar-refractivity contribution < 1.29 is 45.4 Å². The Labute approximate surface area is 199 Å². The number of hydrogen-bond acceptors (Lipinski definition) is 4. The summed E-state index contributed by atoms with van der Waals surface area (Å²) in [7, 11) is 0. The van der Waals surface area contributed by atoms with Crippen LogP contribution in [0, 0.1) is 22.2 Å². The van der Waals surface area contributed by atoms with Gasteiger partial charge in [0, 0.05) is 0 Å². The molecule has 2 atom stereocenters. The van der Waals surface area contributed by atoms with E-state index in [1.54, 1.807) is 6.92 Å². The van der Waals surface area contributed by atoms with Crippen molar-refractivity contribution in [1.82, 2.24) is 0 Å². The summed E-state index contributed by atoms with van der Waals surface area (Å²) in [5.41, 5.74) is -3.56. The van der Waals surface area contributed by atoms with Crippen molar-refractivity contribution in [1.29, 1.82) is 0 Å². The molecule has 0 fully saturated rings. The number of alkyl halides is 6. The van der Waals surface area contributed by atoms with Gasteiger partial charge in [-0.1, -0.05) is 54.9 Å². The lowest BCUT2D eigenvalue weighted by Gasteiger charge is -2.47. The van der Waals surface area contributed by atoms with Gasteiger partial charge in [0.15, 0.2) is 0 Å². The summed E-state index contributed by atoms with van der Waals surface area (Å²) in [5.74, 6) is -3.94. The maximum absolute atomic E-state index is 13.5. The minimum atomic E-state index is -5.83. The molecular formula is C24H40F6O4. The number of carbonyl (C=O) groups excluding carboxylic acids is 2. The Morgan fingerprint density at radius 2 is 1.21 bits per heavy atom. The summed E-state index contributed by atoms with van der Waals surface area (Å²) >= 11 is 0. The zero-order valence-corrected chi connectivity index (χ0v) is 21.9. The number of esters is 2. The average molecular weight is 507 g/mol. The zero-order chi connectivity index (χ0) is 27.6. The van der Waals surface area contributed by atoms with Crippen LogP contribution in [0.25, 0.3) is 0 Å².